The molecule has 1 aromatic carbocycles. The van der Waals surface area contributed by atoms with Gasteiger partial charge >= 0.3 is 6.03 Å². The highest BCUT2D eigenvalue weighted by Crippen LogP contribution is 2.37. The van der Waals surface area contributed by atoms with E-state index >= 15 is 0 Å². The SMILES string of the molecule is Cc1ccc(NC(=O)N2CCCC2)cc1-c1cc(NC2(C)CC(O)C2)nc(N2CCOCC2)c1. The van der Waals surface area contributed by atoms with Gasteiger partial charge in [-0.2, -0.15) is 0 Å². The standard InChI is InChI=1S/C26H35N5O3/c1-18-5-6-20(27-25(33)31-7-3-4-8-31)15-22(18)19-13-23(29-26(2)16-21(32)17-26)28-24(14-19)30-9-11-34-12-10-30/h5-6,13-15,21,32H,3-4,7-12,16-17H2,1-2H3,(H,27,33)(H,28,29). The zero-order valence-electron chi connectivity index (χ0n) is 20.1. The number of nitrogens with one attached hydrogen (secondary N) is 2. The molecule has 3 N–H and O–H groups in total. The van der Waals surface area contributed by atoms with Crippen LogP contribution in [0.4, 0.5) is 22.1 Å². The number of nitrogens with zero attached hydrogens (tertiary/aromatic N) is 3. The highest BCUT2D eigenvalue weighted by Gasteiger charge is 2.39. The van der Waals surface area contributed by atoms with Gasteiger partial charge in [0.25, 0.3) is 0 Å². The summed E-state index contributed by atoms with van der Waals surface area (Å²) in [6.07, 6.45) is 3.31. The molecule has 2 aromatic rings. The molecule has 8 nitrogen and oxygen atoms in total. The van der Waals surface area contributed by atoms with E-state index in [4.69, 9.17) is 9.72 Å². The summed E-state index contributed by atoms with van der Waals surface area (Å²) in [5.41, 5.74) is 3.89. The maximum atomic E-state index is 12.6. The molecule has 0 atom stereocenters. The van der Waals surface area contributed by atoms with Crippen LogP contribution in [0.15, 0.2) is 30.3 Å². The predicted molar refractivity (Wildman–Crippen MR) is 135 cm³/mol. The van der Waals surface area contributed by atoms with Gasteiger partial charge in [0, 0.05) is 37.4 Å². The van der Waals surface area contributed by atoms with Crippen molar-refractivity contribution in [2.75, 3.05) is 54.9 Å². The van der Waals surface area contributed by atoms with E-state index in [0.29, 0.717) is 26.1 Å². The molecular formula is C26H35N5O3. The summed E-state index contributed by atoms with van der Waals surface area (Å²) >= 11 is 0. The second kappa shape index (κ2) is 9.43. The molecule has 2 amide bonds. The summed E-state index contributed by atoms with van der Waals surface area (Å²) in [6, 6.07) is 10.2. The summed E-state index contributed by atoms with van der Waals surface area (Å²) < 4.78 is 5.54. The molecule has 5 rings (SSSR count). The van der Waals surface area contributed by atoms with Gasteiger partial charge in [-0.1, -0.05) is 6.07 Å². The van der Waals surface area contributed by atoms with Crippen LogP contribution in [0.2, 0.25) is 0 Å². The van der Waals surface area contributed by atoms with Gasteiger partial charge in [-0.25, -0.2) is 9.78 Å². The van der Waals surface area contributed by atoms with Gasteiger partial charge in [0.15, 0.2) is 0 Å². The Bertz CT molecular complexity index is 1040. The molecule has 8 heteroatoms. The second-order valence-electron chi connectivity index (χ2n) is 10.1. The molecule has 34 heavy (non-hydrogen) atoms. The number of morpholine rings is 1. The van der Waals surface area contributed by atoms with E-state index in [2.05, 4.69) is 53.6 Å². The number of aliphatic hydroxyl groups is 1. The molecule has 182 valence electrons. The molecule has 0 bridgehead atoms. The number of pyridine rings is 1. The lowest BCUT2D eigenvalue weighted by atomic mass is 9.76. The number of aryl methyl sites for hydroxylation is 1. The normalized spacial score (nSPS) is 24.6. The first-order chi connectivity index (χ1) is 16.4. The molecule has 3 heterocycles. The van der Waals surface area contributed by atoms with Gasteiger partial charge in [-0.3, -0.25) is 0 Å². The molecular weight excluding hydrogens is 430 g/mol. The highest BCUT2D eigenvalue weighted by molar-refractivity contribution is 5.91. The lowest BCUT2D eigenvalue weighted by molar-refractivity contribution is 0.0421. The Morgan fingerprint density at radius 2 is 1.85 bits per heavy atom. The summed E-state index contributed by atoms with van der Waals surface area (Å²) in [6.45, 7) is 8.84. The fraction of sp³-hybridized carbons (Fsp3) is 0.538. The number of benzene rings is 1. The number of likely N-dealkylation sites (tertiary alicyclic amines) is 1. The third-order valence-corrected chi connectivity index (χ3v) is 7.14. The van der Waals surface area contributed by atoms with Crippen molar-refractivity contribution in [3.05, 3.63) is 35.9 Å². The number of amides is 2. The number of rotatable bonds is 5. The summed E-state index contributed by atoms with van der Waals surface area (Å²) in [4.78, 5) is 21.7. The minimum absolute atomic E-state index is 0.0325. The quantitative estimate of drug-likeness (QED) is 0.622. The van der Waals surface area contributed by atoms with Crippen molar-refractivity contribution in [3.63, 3.8) is 0 Å². The van der Waals surface area contributed by atoms with Crippen molar-refractivity contribution >= 4 is 23.4 Å². The zero-order valence-corrected chi connectivity index (χ0v) is 20.1. The van der Waals surface area contributed by atoms with Crippen molar-refractivity contribution in [1.82, 2.24) is 9.88 Å². The number of urea groups is 1. The molecule has 1 aliphatic carbocycles. The minimum Gasteiger partial charge on any atom is -0.393 e. The van der Waals surface area contributed by atoms with Gasteiger partial charge in [0.05, 0.1) is 19.3 Å². The second-order valence-corrected chi connectivity index (χ2v) is 10.1. The molecule has 2 saturated heterocycles. The maximum Gasteiger partial charge on any atom is 0.321 e. The maximum absolute atomic E-state index is 12.6. The van der Waals surface area contributed by atoms with E-state index in [1.807, 2.05) is 11.0 Å². The van der Waals surface area contributed by atoms with Crippen molar-refractivity contribution in [1.29, 1.82) is 0 Å². The van der Waals surface area contributed by atoms with Gasteiger partial charge in [-0.15, -0.1) is 0 Å². The Kier molecular flexibility index (Phi) is 6.36. The molecule has 0 radical (unpaired) electrons. The monoisotopic (exact) mass is 465 g/mol. The first-order valence-corrected chi connectivity index (χ1v) is 12.4. The Labute approximate surface area is 201 Å². The predicted octanol–water partition coefficient (Wildman–Crippen LogP) is 3.85. The largest absolute Gasteiger partial charge is 0.393 e. The number of anilines is 3. The van der Waals surface area contributed by atoms with Crippen LogP contribution in [0.3, 0.4) is 0 Å². The molecule has 3 aliphatic rings. The number of aliphatic hydroxyl groups excluding tert-OH is 1. The lowest BCUT2D eigenvalue weighted by Gasteiger charge is -2.43. The first kappa shape index (κ1) is 22.9. The molecule has 1 aromatic heterocycles. The Hall–Kier alpha value is -2.84. The van der Waals surface area contributed by atoms with Crippen molar-refractivity contribution in [2.24, 2.45) is 0 Å². The van der Waals surface area contributed by atoms with Crippen LogP contribution >= 0.6 is 0 Å². The topological polar surface area (TPSA) is 90.0 Å². The Morgan fingerprint density at radius 3 is 2.56 bits per heavy atom. The number of carbonyl (C=O) groups is 1. The van der Waals surface area contributed by atoms with Crippen LogP contribution in [0.25, 0.3) is 11.1 Å². The van der Waals surface area contributed by atoms with Crippen LogP contribution in [0.1, 0.15) is 38.2 Å². The van der Waals surface area contributed by atoms with Crippen molar-refractivity contribution in [3.8, 4) is 11.1 Å². The average molecular weight is 466 g/mol. The van der Waals surface area contributed by atoms with Gasteiger partial charge in [-0.05, 0) is 80.5 Å². The van der Waals surface area contributed by atoms with Gasteiger partial charge in [0.1, 0.15) is 11.6 Å². The highest BCUT2D eigenvalue weighted by atomic mass is 16.5. The van der Waals surface area contributed by atoms with Crippen LogP contribution in [-0.2, 0) is 4.74 Å². The zero-order chi connectivity index (χ0) is 23.7. The third kappa shape index (κ3) is 4.98. The summed E-state index contributed by atoms with van der Waals surface area (Å²) in [5.74, 6) is 1.72. The average Bonchev–Trinajstić information content (AvgIpc) is 3.35. The van der Waals surface area contributed by atoms with Gasteiger partial charge in [0.2, 0.25) is 0 Å². The molecule has 0 spiro atoms. The lowest BCUT2D eigenvalue weighted by Crippen LogP contribution is -2.50. The van der Waals surface area contributed by atoms with Crippen LogP contribution in [-0.4, -0.2) is 72.1 Å². The molecule has 1 saturated carbocycles. The summed E-state index contributed by atoms with van der Waals surface area (Å²) in [5, 5.41) is 16.5. The number of ether oxygens (including phenoxy) is 1. The molecule has 2 aliphatic heterocycles. The fourth-order valence-corrected chi connectivity index (χ4v) is 5.22. The van der Waals surface area contributed by atoms with Crippen LogP contribution < -0.4 is 15.5 Å². The van der Waals surface area contributed by atoms with Crippen LogP contribution in [0, 0.1) is 6.92 Å². The molecule has 3 fully saturated rings. The van der Waals surface area contributed by atoms with Crippen LogP contribution in [0.5, 0.6) is 0 Å². The minimum atomic E-state index is -0.252. The number of aromatic nitrogens is 1. The van der Waals surface area contributed by atoms with Gasteiger partial charge < -0.3 is 30.3 Å². The van der Waals surface area contributed by atoms with E-state index in [1.54, 1.807) is 0 Å². The number of hydrogen-bond acceptors (Lipinski definition) is 6. The Morgan fingerprint density at radius 1 is 1.12 bits per heavy atom. The van der Waals surface area contributed by atoms with E-state index < -0.39 is 0 Å². The first-order valence-electron chi connectivity index (χ1n) is 12.4. The fourth-order valence-electron chi connectivity index (χ4n) is 5.22. The smallest absolute Gasteiger partial charge is 0.321 e. The van der Waals surface area contributed by atoms with E-state index in [1.165, 1.54) is 0 Å². The van der Waals surface area contributed by atoms with Crippen molar-refractivity contribution < 1.29 is 14.6 Å². The Balaban J connectivity index is 1.46. The van der Waals surface area contributed by atoms with E-state index in [0.717, 1.165) is 73.0 Å². The summed E-state index contributed by atoms with van der Waals surface area (Å²) in [7, 11) is 0. The third-order valence-electron chi connectivity index (χ3n) is 7.14. The van der Waals surface area contributed by atoms with Crippen molar-refractivity contribution in [2.45, 2.75) is 51.2 Å². The van der Waals surface area contributed by atoms with E-state index in [9.17, 15) is 9.90 Å². The number of carbonyl (C=O) groups excluding carboxylic acids is 1. The van der Waals surface area contributed by atoms with E-state index in [-0.39, 0.29) is 17.7 Å². The molecule has 0 unspecified atom stereocenters. The number of hydrogen-bond donors (Lipinski definition) is 3.